The second-order valence-corrected chi connectivity index (χ2v) is 4.00. The van der Waals surface area contributed by atoms with Crippen molar-refractivity contribution in [2.45, 2.75) is 13.0 Å². The third-order valence-corrected chi connectivity index (χ3v) is 1.91. The van der Waals surface area contributed by atoms with Crippen LogP contribution in [0, 0.1) is 0 Å². The van der Waals surface area contributed by atoms with Gasteiger partial charge in [0.05, 0.1) is 39.1 Å². The summed E-state index contributed by atoms with van der Waals surface area (Å²) in [4.78, 5) is 21.3. The first kappa shape index (κ1) is 23.5. The van der Waals surface area contributed by atoms with Gasteiger partial charge in [-0.3, -0.25) is 0 Å². The first-order chi connectivity index (χ1) is 11.0. The van der Waals surface area contributed by atoms with Crippen LogP contribution in [-0.4, -0.2) is 74.5 Å². The maximum Gasteiger partial charge on any atom is 0.330 e. The zero-order chi connectivity index (χ0) is 17.9. The summed E-state index contributed by atoms with van der Waals surface area (Å²) in [6, 6.07) is 0. The summed E-state index contributed by atoms with van der Waals surface area (Å²) in [6.07, 6.45) is 1.62. The van der Waals surface area contributed by atoms with Crippen molar-refractivity contribution < 1.29 is 38.7 Å². The first-order valence-electron chi connectivity index (χ1n) is 7.00. The van der Waals surface area contributed by atoms with Crippen LogP contribution in [0.5, 0.6) is 0 Å². The largest absolute Gasteiger partial charge is 0.460 e. The lowest BCUT2D eigenvalue weighted by molar-refractivity contribution is -0.141. The number of hydrogen-bond donors (Lipinski definition) is 2. The van der Waals surface area contributed by atoms with E-state index in [1.165, 1.54) is 6.92 Å². The van der Waals surface area contributed by atoms with E-state index >= 15 is 0 Å². The minimum absolute atomic E-state index is 0.139. The van der Waals surface area contributed by atoms with Crippen LogP contribution in [-0.2, 0) is 28.5 Å². The monoisotopic (exact) mass is 334 g/mol. The number of esters is 2. The molecule has 0 amide bonds. The van der Waals surface area contributed by atoms with E-state index in [0.29, 0.717) is 26.4 Å². The molecule has 0 heterocycles. The number of ether oxygens (including phenoxy) is 4. The minimum atomic E-state index is -0.560. The predicted molar refractivity (Wildman–Crippen MR) is 82.7 cm³/mol. The van der Waals surface area contributed by atoms with Crippen molar-refractivity contribution in [3.8, 4) is 0 Å². The lowest BCUT2D eigenvalue weighted by Crippen LogP contribution is -2.13. The molecule has 134 valence electrons. The molecule has 23 heavy (non-hydrogen) atoms. The molecule has 2 N–H and O–H groups in total. The van der Waals surface area contributed by atoms with Gasteiger partial charge < -0.3 is 29.2 Å². The zero-order valence-electron chi connectivity index (χ0n) is 13.4. The molecular weight excluding hydrogens is 308 g/mol. The molecule has 0 aromatic heterocycles. The topological polar surface area (TPSA) is 112 Å². The van der Waals surface area contributed by atoms with Gasteiger partial charge in [0.15, 0.2) is 0 Å². The number of hydrogen-bond acceptors (Lipinski definition) is 8. The summed E-state index contributed by atoms with van der Waals surface area (Å²) in [5.74, 6) is -0.947. The molecule has 0 aromatic rings. The Kier molecular flexibility index (Phi) is 18.7. The average molecular weight is 334 g/mol. The Hall–Kier alpha value is -1.74. The van der Waals surface area contributed by atoms with Gasteiger partial charge in [0.25, 0.3) is 0 Å². The maximum absolute atomic E-state index is 10.6. The van der Waals surface area contributed by atoms with Crippen molar-refractivity contribution >= 4 is 11.9 Å². The molecule has 0 rings (SSSR count). The molecule has 0 saturated heterocycles. The van der Waals surface area contributed by atoms with Crippen LogP contribution in [0.15, 0.2) is 25.3 Å². The molecule has 8 nitrogen and oxygen atoms in total. The molecular formula is C15H26O8. The summed E-state index contributed by atoms with van der Waals surface area (Å²) in [5.41, 5.74) is 0. The van der Waals surface area contributed by atoms with Crippen LogP contribution in [0.25, 0.3) is 0 Å². The van der Waals surface area contributed by atoms with Crippen LogP contribution in [0.4, 0.5) is 0 Å². The molecule has 0 spiro atoms. The fourth-order valence-corrected chi connectivity index (χ4v) is 0.842. The Morgan fingerprint density at radius 2 is 1.22 bits per heavy atom. The van der Waals surface area contributed by atoms with E-state index in [9.17, 15) is 9.59 Å². The van der Waals surface area contributed by atoms with Crippen LogP contribution in [0.3, 0.4) is 0 Å². The van der Waals surface area contributed by atoms with Crippen LogP contribution in [0.2, 0.25) is 0 Å². The summed E-state index contributed by atoms with van der Waals surface area (Å²) >= 11 is 0. The molecule has 0 radical (unpaired) electrons. The van der Waals surface area contributed by atoms with Gasteiger partial charge in [0.2, 0.25) is 0 Å². The first-order valence-corrected chi connectivity index (χ1v) is 7.00. The fraction of sp³-hybridized carbons (Fsp3) is 0.600. The fourth-order valence-electron chi connectivity index (χ4n) is 0.842. The van der Waals surface area contributed by atoms with Gasteiger partial charge in [-0.1, -0.05) is 13.2 Å². The smallest absolute Gasteiger partial charge is 0.330 e. The highest BCUT2D eigenvalue weighted by atomic mass is 16.6. The van der Waals surface area contributed by atoms with E-state index in [0.717, 1.165) is 12.2 Å². The van der Waals surface area contributed by atoms with Gasteiger partial charge in [0.1, 0.15) is 13.2 Å². The number of carbonyl (C=O) groups excluding carboxylic acids is 2. The van der Waals surface area contributed by atoms with E-state index in [1.54, 1.807) is 0 Å². The van der Waals surface area contributed by atoms with E-state index in [4.69, 9.17) is 19.7 Å². The zero-order valence-corrected chi connectivity index (χ0v) is 13.4. The number of aliphatic hydroxyl groups excluding tert-OH is 2. The highest BCUT2D eigenvalue weighted by Crippen LogP contribution is 1.84. The SMILES string of the molecule is C=CC(=O)OCCOCCOCCOC(=O)C=C.CC(O)CO. The van der Waals surface area contributed by atoms with Crippen LogP contribution < -0.4 is 0 Å². The van der Waals surface area contributed by atoms with E-state index in [1.807, 2.05) is 0 Å². The minimum Gasteiger partial charge on any atom is -0.460 e. The summed E-state index contributed by atoms with van der Waals surface area (Å²) in [5, 5.41) is 16.0. The number of aliphatic hydroxyl groups is 2. The molecule has 0 aliphatic heterocycles. The summed E-state index contributed by atoms with van der Waals surface area (Å²) < 4.78 is 19.6. The Morgan fingerprint density at radius 3 is 1.48 bits per heavy atom. The predicted octanol–water partition coefficient (Wildman–Crippen LogP) is -0.162. The lowest BCUT2D eigenvalue weighted by Gasteiger charge is -2.06. The highest BCUT2D eigenvalue weighted by molar-refractivity contribution is 5.81. The molecule has 8 heteroatoms. The van der Waals surface area contributed by atoms with Crippen molar-refractivity contribution in [2.24, 2.45) is 0 Å². The second kappa shape index (κ2) is 18.3. The number of carbonyl (C=O) groups is 2. The van der Waals surface area contributed by atoms with Gasteiger partial charge in [-0.2, -0.15) is 0 Å². The van der Waals surface area contributed by atoms with E-state index < -0.39 is 18.0 Å². The Morgan fingerprint density at radius 1 is 0.913 bits per heavy atom. The second-order valence-electron chi connectivity index (χ2n) is 4.00. The summed E-state index contributed by atoms with van der Waals surface area (Å²) in [6.45, 7) is 9.62. The lowest BCUT2D eigenvalue weighted by atomic mass is 10.5. The maximum atomic E-state index is 10.6. The van der Waals surface area contributed by atoms with Gasteiger partial charge in [-0.15, -0.1) is 0 Å². The quantitative estimate of drug-likeness (QED) is 0.288. The molecule has 1 atom stereocenters. The molecule has 0 saturated carbocycles. The van der Waals surface area contributed by atoms with Crippen LogP contribution in [0.1, 0.15) is 6.92 Å². The highest BCUT2D eigenvalue weighted by Gasteiger charge is 1.96. The molecule has 1 unspecified atom stereocenters. The van der Waals surface area contributed by atoms with E-state index in [2.05, 4.69) is 22.6 Å². The molecule has 0 fully saturated rings. The van der Waals surface area contributed by atoms with Gasteiger partial charge in [0, 0.05) is 12.2 Å². The van der Waals surface area contributed by atoms with E-state index in [-0.39, 0.29) is 19.8 Å². The standard InChI is InChI=1S/C12H18O6.C3H8O2/c1-3-11(13)17-9-7-15-5-6-16-8-10-18-12(14)4-2;1-3(5)2-4/h3-4H,1-2,5-10H2;3-5H,2H2,1H3. The van der Waals surface area contributed by atoms with Gasteiger partial charge in [-0.05, 0) is 6.92 Å². The Bertz CT molecular complexity index is 299. The average Bonchev–Trinajstić information content (AvgIpc) is 2.56. The molecule has 0 aromatic carbocycles. The molecule has 0 bridgehead atoms. The van der Waals surface area contributed by atoms with Crippen molar-refractivity contribution in [2.75, 3.05) is 46.2 Å². The van der Waals surface area contributed by atoms with Crippen molar-refractivity contribution in [3.05, 3.63) is 25.3 Å². The number of rotatable bonds is 12. The Labute approximate surface area is 136 Å². The van der Waals surface area contributed by atoms with Crippen LogP contribution >= 0.6 is 0 Å². The van der Waals surface area contributed by atoms with Gasteiger partial charge in [-0.25, -0.2) is 9.59 Å². The summed E-state index contributed by atoms with van der Waals surface area (Å²) in [7, 11) is 0. The molecule has 0 aliphatic carbocycles. The third kappa shape index (κ3) is 22.7. The van der Waals surface area contributed by atoms with Crippen molar-refractivity contribution in [1.29, 1.82) is 0 Å². The normalized spacial score (nSPS) is 10.7. The molecule has 0 aliphatic rings. The van der Waals surface area contributed by atoms with Crippen molar-refractivity contribution in [3.63, 3.8) is 0 Å². The van der Waals surface area contributed by atoms with Gasteiger partial charge >= 0.3 is 11.9 Å². The third-order valence-electron chi connectivity index (χ3n) is 1.91. The Balaban J connectivity index is 0. The van der Waals surface area contributed by atoms with Crippen molar-refractivity contribution in [1.82, 2.24) is 0 Å².